The van der Waals surface area contributed by atoms with Crippen LogP contribution in [-0.4, -0.2) is 19.9 Å². The van der Waals surface area contributed by atoms with E-state index in [2.05, 4.69) is 15.0 Å². The minimum Gasteiger partial charge on any atom is -0.383 e. The molecular formula is C17H16FN3O2S2. The second-order valence-corrected chi connectivity index (χ2v) is 8.13. The quantitative estimate of drug-likeness (QED) is 0.658. The van der Waals surface area contributed by atoms with Gasteiger partial charge in [0.05, 0.1) is 11.9 Å². The molecule has 0 spiro atoms. The summed E-state index contributed by atoms with van der Waals surface area (Å²) in [7, 11) is -3.58. The van der Waals surface area contributed by atoms with Gasteiger partial charge in [0, 0.05) is 6.54 Å². The van der Waals surface area contributed by atoms with E-state index in [9.17, 15) is 12.8 Å². The number of thiophene rings is 1. The molecule has 0 atom stereocenters. The predicted molar refractivity (Wildman–Crippen MR) is 98.0 cm³/mol. The topological polar surface area (TPSA) is 71.1 Å². The van der Waals surface area contributed by atoms with Crippen LogP contribution in [0.25, 0.3) is 0 Å². The Bertz CT molecular complexity index is 910. The van der Waals surface area contributed by atoms with Crippen LogP contribution in [-0.2, 0) is 16.4 Å². The SMILES string of the molecule is O=S(=O)(Nc1ccc(NCCc2ccc(F)cc2)cn1)c1cccs1. The molecule has 0 aliphatic rings. The van der Waals surface area contributed by atoms with Crippen LogP contribution >= 0.6 is 11.3 Å². The molecule has 2 heterocycles. The van der Waals surface area contributed by atoms with E-state index in [4.69, 9.17) is 0 Å². The van der Waals surface area contributed by atoms with Gasteiger partial charge in [-0.15, -0.1) is 11.3 Å². The zero-order valence-electron chi connectivity index (χ0n) is 13.1. The van der Waals surface area contributed by atoms with Crippen LogP contribution in [0.3, 0.4) is 0 Å². The summed E-state index contributed by atoms with van der Waals surface area (Å²) in [4.78, 5) is 4.11. The highest BCUT2D eigenvalue weighted by Gasteiger charge is 2.15. The number of anilines is 2. The van der Waals surface area contributed by atoms with Crippen molar-refractivity contribution in [2.24, 2.45) is 0 Å². The molecule has 25 heavy (non-hydrogen) atoms. The molecule has 0 bridgehead atoms. The Hall–Kier alpha value is -2.45. The summed E-state index contributed by atoms with van der Waals surface area (Å²) < 4.78 is 39.8. The first kappa shape index (κ1) is 17.4. The Labute approximate surface area is 149 Å². The lowest BCUT2D eigenvalue weighted by molar-refractivity contribution is 0.603. The van der Waals surface area contributed by atoms with Crippen molar-refractivity contribution < 1.29 is 12.8 Å². The lowest BCUT2D eigenvalue weighted by atomic mass is 10.1. The van der Waals surface area contributed by atoms with Crippen LogP contribution in [0.4, 0.5) is 15.9 Å². The summed E-state index contributed by atoms with van der Waals surface area (Å²) in [5, 5.41) is 4.90. The Morgan fingerprint density at radius 1 is 1.08 bits per heavy atom. The number of sulfonamides is 1. The maximum absolute atomic E-state index is 12.8. The van der Waals surface area contributed by atoms with E-state index in [0.29, 0.717) is 6.54 Å². The summed E-state index contributed by atoms with van der Waals surface area (Å²) in [5.74, 6) is 0.0129. The predicted octanol–water partition coefficient (Wildman–Crippen LogP) is 3.74. The Morgan fingerprint density at radius 3 is 2.52 bits per heavy atom. The molecular weight excluding hydrogens is 361 g/mol. The van der Waals surface area contributed by atoms with Crippen LogP contribution < -0.4 is 10.0 Å². The number of hydrogen-bond acceptors (Lipinski definition) is 5. The number of nitrogens with zero attached hydrogens (tertiary/aromatic N) is 1. The summed E-state index contributed by atoms with van der Waals surface area (Å²) in [6, 6.07) is 12.9. The summed E-state index contributed by atoms with van der Waals surface area (Å²) >= 11 is 1.15. The average Bonchev–Trinajstić information content (AvgIpc) is 3.14. The van der Waals surface area contributed by atoms with Gasteiger partial charge in [-0.25, -0.2) is 17.8 Å². The van der Waals surface area contributed by atoms with Gasteiger partial charge in [-0.2, -0.15) is 0 Å². The molecule has 3 aromatic rings. The van der Waals surface area contributed by atoms with Crippen molar-refractivity contribution in [3.05, 3.63) is 71.5 Å². The van der Waals surface area contributed by atoms with E-state index in [-0.39, 0.29) is 15.8 Å². The van der Waals surface area contributed by atoms with E-state index < -0.39 is 10.0 Å². The Morgan fingerprint density at radius 2 is 1.88 bits per heavy atom. The second kappa shape index (κ2) is 7.62. The summed E-state index contributed by atoms with van der Waals surface area (Å²) in [6.07, 6.45) is 2.31. The zero-order chi connectivity index (χ0) is 17.7. The second-order valence-electron chi connectivity index (χ2n) is 5.27. The van der Waals surface area contributed by atoms with Gasteiger partial charge in [-0.1, -0.05) is 18.2 Å². The fourth-order valence-electron chi connectivity index (χ4n) is 2.17. The molecule has 0 saturated heterocycles. The van der Waals surface area contributed by atoms with Gasteiger partial charge < -0.3 is 5.32 Å². The molecule has 2 aromatic heterocycles. The first-order valence-electron chi connectivity index (χ1n) is 7.54. The van der Waals surface area contributed by atoms with Gasteiger partial charge in [0.25, 0.3) is 10.0 Å². The Kier molecular flexibility index (Phi) is 5.30. The van der Waals surface area contributed by atoms with Crippen molar-refractivity contribution in [1.82, 2.24) is 4.98 Å². The molecule has 8 heteroatoms. The van der Waals surface area contributed by atoms with Crippen LogP contribution in [0.5, 0.6) is 0 Å². The fourth-order valence-corrected chi connectivity index (χ4v) is 4.17. The van der Waals surface area contributed by atoms with Crippen LogP contribution in [0, 0.1) is 5.82 Å². The van der Waals surface area contributed by atoms with Gasteiger partial charge in [0.2, 0.25) is 0 Å². The minimum absolute atomic E-state index is 0.246. The van der Waals surface area contributed by atoms with Crippen LogP contribution in [0.15, 0.2) is 64.3 Å². The largest absolute Gasteiger partial charge is 0.383 e. The van der Waals surface area contributed by atoms with Gasteiger partial charge >= 0.3 is 0 Å². The standard InChI is InChI=1S/C17H16FN3O2S2/c18-14-5-3-13(4-6-14)9-10-19-15-7-8-16(20-12-15)21-25(22,23)17-2-1-11-24-17/h1-8,11-12,19H,9-10H2,(H,20,21). The molecule has 0 fully saturated rings. The third-order valence-electron chi connectivity index (χ3n) is 3.42. The van der Waals surface area contributed by atoms with E-state index in [1.165, 1.54) is 12.1 Å². The smallest absolute Gasteiger partial charge is 0.272 e. The number of nitrogens with one attached hydrogen (secondary N) is 2. The molecule has 3 rings (SSSR count). The van der Waals surface area contributed by atoms with Crippen LogP contribution in [0.1, 0.15) is 5.56 Å². The van der Waals surface area contributed by atoms with Gasteiger partial charge in [0.15, 0.2) is 0 Å². The van der Waals surface area contributed by atoms with Crippen molar-refractivity contribution in [2.45, 2.75) is 10.6 Å². The maximum Gasteiger partial charge on any atom is 0.272 e. The minimum atomic E-state index is -3.58. The van der Waals surface area contributed by atoms with E-state index >= 15 is 0 Å². The van der Waals surface area contributed by atoms with Gasteiger partial charge in [-0.05, 0) is 47.7 Å². The molecule has 5 nitrogen and oxygen atoms in total. The normalized spacial score (nSPS) is 11.2. The number of benzene rings is 1. The highest BCUT2D eigenvalue weighted by atomic mass is 32.2. The van der Waals surface area contributed by atoms with E-state index in [1.54, 1.807) is 48.0 Å². The molecule has 0 amide bonds. The highest BCUT2D eigenvalue weighted by Crippen LogP contribution is 2.19. The van der Waals surface area contributed by atoms with E-state index in [0.717, 1.165) is 29.0 Å². The number of aromatic nitrogens is 1. The molecule has 0 aliphatic carbocycles. The highest BCUT2D eigenvalue weighted by molar-refractivity contribution is 7.94. The molecule has 130 valence electrons. The first-order valence-corrected chi connectivity index (χ1v) is 9.90. The molecule has 0 saturated carbocycles. The first-order chi connectivity index (χ1) is 12.0. The third-order valence-corrected chi connectivity index (χ3v) is 6.17. The van der Waals surface area contributed by atoms with E-state index in [1.807, 2.05) is 0 Å². The summed E-state index contributed by atoms with van der Waals surface area (Å²) in [5.41, 5.74) is 1.81. The number of pyridine rings is 1. The van der Waals surface area contributed by atoms with Crippen molar-refractivity contribution in [3.63, 3.8) is 0 Å². The summed E-state index contributed by atoms with van der Waals surface area (Å²) in [6.45, 7) is 0.660. The lowest BCUT2D eigenvalue weighted by Gasteiger charge is -2.08. The lowest BCUT2D eigenvalue weighted by Crippen LogP contribution is -2.12. The molecule has 2 N–H and O–H groups in total. The monoisotopic (exact) mass is 377 g/mol. The van der Waals surface area contributed by atoms with Crippen molar-refractivity contribution in [1.29, 1.82) is 0 Å². The fraction of sp³-hybridized carbons (Fsp3) is 0.118. The van der Waals surface area contributed by atoms with Crippen LogP contribution in [0.2, 0.25) is 0 Å². The maximum atomic E-state index is 12.8. The van der Waals surface area contributed by atoms with Crippen molar-refractivity contribution in [2.75, 3.05) is 16.6 Å². The number of halogens is 1. The van der Waals surface area contributed by atoms with Gasteiger partial charge in [0.1, 0.15) is 15.8 Å². The number of rotatable bonds is 7. The molecule has 0 unspecified atom stereocenters. The molecule has 0 aliphatic heterocycles. The Balaban J connectivity index is 1.54. The average molecular weight is 377 g/mol. The van der Waals surface area contributed by atoms with Crippen molar-refractivity contribution in [3.8, 4) is 0 Å². The molecule has 0 radical (unpaired) electrons. The van der Waals surface area contributed by atoms with Crippen molar-refractivity contribution >= 4 is 32.9 Å². The molecule has 1 aromatic carbocycles. The zero-order valence-corrected chi connectivity index (χ0v) is 14.8. The third kappa shape index (κ3) is 4.77. The van der Waals surface area contributed by atoms with Gasteiger partial charge in [-0.3, -0.25) is 4.72 Å². The number of hydrogen-bond donors (Lipinski definition) is 2.